The van der Waals surface area contributed by atoms with Crippen molar-refractivity contribution in [2.24, 2.45) is 0 Å². The van der Waals surface area contributed by atoms with Gasteiger partial charge in [-0.15, -0.1) is 0 Å². The fraction of sp³-hybridized carbons (Fsp3) is 0.500. The highest BCUT2D eigenvalue weighted by molar-refractivity contribution is 6.33. The summed E-state index contributed by atoms with van der Waals surface area (Å²) in [6.45, 7) is 4.94. The van der Waals surface area contributed by atoms with Crippen molar-refractivity contribution in [3.8, 4) is 11.5 Å². The van der Waals surface area contributed by atoms with Gasteiger partial charge in [0.2, 0.25) is 5.91 Å². The summed E-state index contributed by atoms with van der Waals surface area (Å²) in [7, 11) is 1.70. The minimum atomic E-state index is -0.0274. The van der Waals surface area contributed by atoms with Crippen LogP contribution in [0.25, 0.3) is 0 Å². The summed E-state index contributed by atoms with van der Waals surface area (Å²) < 4.78 is 11.8. The Morgan fingerprint density at radius 2 is 1.76 bits per heavy atom. The SMILES string of the molecule is COc1ccc(CN2CCCN(CC(=O)Nc3ccccc3Cl)CC2)cc1OC1CCCC1. The predicted octanol–water partition coefficient (Wildman–Crippen LogP) is 4.82. The number of rotatable bonds is 8. The summed E-state index contributed by atoms with van der Waals surface area (Å²) in [4.78, 5) is 17.2. The standard InChI is InChI=1S/C26H34ClN3O3/c1-32-24-12-11-20(17-25(24)33-21-7-2-3-8-21)18-29-13-6-14-30(16-15-29)19-26(31)28-23-10-5-4-9-22(23)27/h4-5,9-12,17,21H,2-3,6-8,13-16,18-19H2,1H3,(H,28,31). The van der Waals surface area contributed by atoms with Crippen molar-refractivity contribution in [2.45, 2.75) is 44.8 Å². The van der Waals surface area contributed by atoms with E-state index in [0.29, 0.717) is 23.4 Å². The fourth-order valence-electron chi connectivity index (χ4n) is 4.65. The first-order valence-corrected chi connectivity index (χ1v) is 12.3. The van der Waals surface area contributed by atoms with Crippen molar-refractivity contribution in [3.63, 3.8) is 0 Å². The largest absolute Gasteiger partial charge is 0.493 e. The van der Waals surface area contributed by atoms with Crippen LogP contribution in [0.4, 0.5) is 5.69 Å². The fourth-order valence-corrected chi connectivity index (χ4v) is 4.83. The van der Waals surface area contributed by atoms with Gasteiger partial charge in [-0.25, -0.2) is 0 Å². The van der Waals surface area contributed by atoms with Gasteiger partial charge in [-0.1, -0.05) is 29.8 Å². The third-order valence-corrected chi connectivity index (χ3v) is 6.76. The Morgan fingerprint density at radius 3 is 2.55 bits per heavy atom. The molecule has 178 valence electrons. The zero-order chi connectivity index (χ0) is 23.0. The number of carbonyl (C=O) groups excluding carboxylic acids is 1. The Kier molecular flexibility index (Phi) is 8.48. The summed E-state index contributed by atoms with van der Waals surface area (Å²) in [5, 5.41) is 3.48. The molecule has 2 aromatic rings. The molecule has 0 radical (unpaired) electrons. The molecule has 1 aliphatic heterocycles. The summed E-state index contributed by atoms with van der Waals surface area (Å²) in [6, 6.07) is 13.6. The van der Waals surface area contributed by atoms with E-state index < -0.39 is 0 Å². The number of hydrogen-bond donors (Lipinski definition) is 1. The Bertz CT molecular complexity index is 933. The van der Waals surface area contributed by atoms with Crippen molar-refractivity contribution in [2.75, 3.05) is 45.2 Å². The van der Waals surface area contributed by atoms with Gasteiger partial charge in [-0.05, 0) is 75.0 Å². The number of ether oxygens (including phenoxy) is 2. The molecule has 0 aromatic heterocycles. The third-order valence-electron chi connectivity index (χ3n) is 6.43. The van der Waals surface area contributed by atoms with Crippen LogP contribution < -0.4 is 14.8 Å². The molecule has 33 heavy (non-hydrogen) atoms. The van der Waals surface area contributed by atoms with E-state index in [0.717, 1.165) is 63.5 Å². The van der Waals surface area contributed by atoms with Crippen LogP contribution in [-0.4, -0.2) is 61.6 Å². The van der Waals surface area contributed by atoms with Gasteiger partial charge in [0.1, 0.15) is 0 Å². The molecule has 0 unspecified atom stereocenters. The normalized spacial score (nSPS) is 18.1. The number of methoxy groups -OCH3 is 1. The molecule has 4 rings (SSSR count). The number of amides is 1. The highest BCUT2D eigenvalue weighted by atomic mass is 35.5. The van der Waals surface area contributed by atoms with Crippen LogP contribution >= 0.6 is 11.6 Å². The van der Waals surface area contributed by atoms with Crippen LogP contribution in [0.2, 0.25) is 5.02 Å². The topological polar surface area (TPSA) is 54.0 Å². The lowest BCUT2D eigenvalue weighted by Gasteiger charge is -2.22. The monoisotopic (exact) mass is 471 g/mol. The lowest BCUT2D eigenvalue weighted by molar-refractivity contribution is -0.117. The Morgan fingerprint density at radius 1 is 1.00 bits per heavy atom. The molecule has 0 bridgehead atoms. The summed E-state index contributed by atoms with van der Waals surface area (Å²) in [5.74, 6) is 1.63. The molecule has 0 spiro atoms. The van der Waals surface area contributed by atoms with Crippen molar-refractivity contribution < 1.29 is 14.3 Å². The van der Waals surface area contributed by atoms with Crippen LogP contribution in [0, 0.1) is 0 Å². The minimum absolute atomic E-state index is 0.0274. The quantitative estimate of drug-likeness (QED) is 0.598. The highest BCUT2D eigenvalue weighted by Gasteiger charge is 2.20. The van der Waals surface area contributed by atoms with E-state index in [1.165, 1.54) is 18.4 Å². The molecule has 1 aliphatic carbocycles. The molecule has 1 amide bonds. The van der Waals surface area contributed by atoms with Crippen LogP contribution in [0.1, 0.15) is 37.7 Å². The average molecular weight is 472 g/mol. The number of hydrogen-bond acceptors (Lipinski definition) is 5. The van der Waals surface area contributed by atoms with Gasteiger partial charge < -0.3 is 14.8 Å². The third kappa shape index (κ3) is 6.85. The van der Waals surface area contributed by atoms with Gasteiger partial charge in [-0.2, -0.15) is 0 Å². The molecule has 6 nitrogen and oxygen atoms in total. The smallest absolute Gasteiger partial charge is 0.238 e. The first kappa shape index (κ1) is 23.9. The maximum atomic E-state index is 12.5. The Hall–Kier alpha value is -2.28. The van der Waals surface area contributed by atoms with Gasteiger partial charge in [-0.3, -0.25) is 14.6 Å². The number of carbonyl (C=O) groups is 1. The molecule has 0 atom stereocenters. The highest BCUT2D eigenvalue weighted by Crippen LogP contribution is 2.33. The van der Waals surface area contributed by atoms with Gasteiger partial charge in [0.15, 0.2) is 11.5 Å². The van der Waals surface area contributed by atoms with Gasteiger partial charge in [0.05, 0.1) is 30.5 Å². The summed E-state index contributed by atoms with van der Waals surface area (Å²) in [5.41, 5.74) is 1.89. The van der Waals surface area contributed by atoms with Crippen LogP contribution in [0.3, 0.4) is 0 Å². The molecular formula is C26H34ClN3O3. The Balaban J connectivity index is 1.29. The number of nitrogens with one attached hydrogen (secondary N) is 1. The number of nitrogens with zero attached hydrogens (tertiary/aromatic N) is 2. The van der Waals surface area contributed by atoms with Crippen molar-refractivity contribution in [1.29, 1.82) is 0 Å². The second kappa shape index (κ2) is 11.7. The molecular weight excluding hydrogens is 438 g/mol. The molecule has 2 aromatic carbocycles. The molecule has 1 N–H and O–H groups in total. The molecule has 2 fully saturated rings. The molecule has 1 saturated carbocycles. The van der Waals surface area contributed by atoms with E-state index in [2.05, 4.69) is 27.2 Å². The second-order valence-electron chi connectivity index (χ2n) is 8.94. The predicted molar refractivity (Wildman–Crippen MR) is 132 cm³/mol. The van der Waals surface area contributed by atoms with Crippen molar-refractivity contribution >= 4 is 23.2 Å². The Labute approximate surface area is 201 Å². The van der Waals surface area contributed by atoms with E-state index >= 15 is 0 Å². The van der Waals surface area contributed by atoms with E-state index in [-0.39, 0.29) is 5.91 Å². The number of anilines is 1. The van der Waals surface area contributed by atoms with E-state index in [9.17, 15) is 4.79 Å². The van der Waals surface area contributed by atoms with Crippen LogP contribution in [0.15, 0.2) is 42.5 Å². The maximum Gasteiger partial charge on any atom is 0.238 e. The lowest BCUT2D eigenvalue weighted by Crippen LogP contribution is -2.36. The second-order valence-corrected chi connectivity index (χ2v) is 9.35. The van der Waals surface area contributed by atoms with Crippen LogP contribution in [-0.2, 0) is 11.3 Å². The molecule has 1 saturated heterocycles. The zero-order valence-electron chi connectivity index (χ0n) is 19.4. The van der Waals surface area contributed by atoms with Gasteiger partial charge >= 0.3 is 0 Å². The molecule has 1 heterocycles. The summed E-state index contributed by atoms with van der Waals surface area (Å²) in [6.07, 6.45) is 6.07. The first-order valence-electron chi connectivity index (χ1n) is 11.9. The van der Waals surface area contributed by atoms with Gasteiger partial charge in [0, 0.05) is 19.6 Å². The van der Waals surface area contributed by atoms with Crippen molar-refractivity contribution in [1.82, 2.24) is 9.80 Å². The number of benzene rings is 2. The van der Waals surface area contributed by atoms with Crippen LogP contribution in [0.5, 0.6) is 11.5 Å². The minimum Gasteiger partial charge on any atom is -0.493 e. The number of halogens is 1. The molecule has 2 aliphatic rings. The molecule has 7 heteroatoms. The van der Waals surface area contributed by atoms with E-state index in [1.54, 1.807) is 13.2 Å². The van der Waals surface area contributed by atoms with E-state index in [4.69, 9.17) is 21.1 Å². The lowest BCUT2D eigenvalue weighted by atomic mass is 10.1. The van der Waals surface area contributed by atoms with Crippen molar-refractivity contribution in [3.05, 3.63) is 53.1 Å². The zero-order valence-corrected chi connectivity index (χ0v) is 20.2. The first-order chi connectivity index (χ1) is 16.1. The maximum absolute atomic E-state index is 12.5. The summed E-state index contributed by atoms with van der Waals surface area (Å²) >= 11 is 6.16. The average Bonchev–Trinajstić information content (AvgIpc) is 3.22. The van der Waals surface area contributed by atoms with E-state index in [1.807, 2.05) is 24.3 Å². The number of para-hydroxylation sites is 1. The van der Waals surface area contributed by atoms with Gasteiger partial charge in [0.25, 0.3) is 0 Å².